The molecule has 27 heavy (non-hydrogen) atoms. The van der Waals surface area contributed by atoms with E-state index in [0.717, 1.165) is 23.8 Å². The van der Waals surface area contributed by atoms with Crippen molar-refractivity contribution in [3.8, 4) is 0 Å². The smallest absolute Gasteiger partial charge is 0.325 e. The number of benzene rings is 1. The van der Waals surface area contributed by atoms with Gasteiger partial charge in [-0.1, -0.05) is 25.5 Å². The number of thiophene rings is 1. The Morgan fingerprint density at radius 1 is 1.07 bits per heavy atom. The van der Waals surface area contributed by atoms with Crippen LogP contribution < -0.4 is 16.6 Å². The van der Waals surface area contributed by atoms with Gasteiger partial charge in [0.1, 0.15) is 11.2 Å². The third-order valence-corrected chi connectivity index (χ3v) is 5.40. The standard InChI is InChI=1S/C20H23N3O3S/c1-3-5-6-14-7-9-15(10-8-14)21-17(24)13-23-16-11-12-27-18(16)19(25)22(4-2)20(23)26/h7-12H,3-6,13H2,1-2H3,(H,21,24). The summed E-state index contributed by atoms with van der Waals surface area (Å²) in [7, 11) is 0. The zero-order chi connectivity index (χ0) is 19.4. The highest BCUT2D eigenvalue weighted by atomic mass is 32.1. The van der Waals surface area contributed by atoms with Gasteiger partial charge in [0.05, 0.1) is 5.52 Å². The third kappa shape index (κ3) is 4.03. The quantitative estimate of drug-likeness (QED) is 0.679. The molecule has 1 N–H and O–H groups in total. The fourth-order valence-corrected chi connectivity index (χ4v) is 3.89. The molecule has 0 bridgehead atoms. The number of hydrogen-bond donors (Lipinski definition) is 1. The molecule has 0 aliphatic heterocycles. The number of amides is 1. The minimum atomic E-state index is -0.460. The first-order chi connectivity index (χ1) is 13.0. The van der Waals surface area contributed by atoms with Crippen LogP contribution in [0.15, 0.2) is 45.3 Å². The number of nitrogens with one attached hydrogen (secondary N) is 1. The van der Waals surface area contributed by atoms with Gasteiger partial charge in [-0.05, 0) is 48.9 Å². The monoisotopic (exact) mass is 385 g/mol. The van der Waals surface area contributed by atoms with Gasteiger partial charge in [0.2, 0.25) is 5.91 Å². The number of fused-ring (bicyclic) bond motifs is 1. The molecule has 2 aromatic heterocycles. The molecule has 0 aliphatic rings. The highest BCUT2D eigenvalue weighted by molar-refractivity contribution is 7.17. The number of nitrogens with zero attached hydrogens (tertiary/aromatic N) is 2. The largest absolute Gasteiger partial charge is 0.331 e. The van der Waals surface area contributed by atoms with Crippen LogP contribution in [-0.2, 0) is 24.3 Å². The summed E-state index contributed by atoms with van der Waals surface area (Å²) in [5, 5.41) is 4.59. The van der Waals surface area contributed by atoms with Crippen LogP contribution in [0.4, 0.5) is 5.69 Å². The molecule has 0 unspecified atom stereocenters. The lowest BCUT2D eigenvalue weighted by molar-refractivity contribution is -0.116. The van der Waals surface area contributed by atoms with E-state index in [2.05, 4.69) is 12.2 Å². The third-order valence-electron chi connectivity index (χ3n) is 4.51. The van der Waals surface area contributed by atoms with E-state index < -0.39 is 5.69 Å². The summed E-state index contributed by atoms with van der Waals surface area (Å²) in [6, 6.07) is 9.47. The van der Waals surface area contributed by atoms with E-state index in [1.165, 1.54) is 21.5 Å². The van der Waals surface area contributed by atoms with E-state index in [4.69, 9.17) is 0 Å². The van der Waals surface area contributed by atoms with E-state index in [9.17, 15) is 14.4 Å². The molecule has 2 heterocycles. The van der Waals surface area contributed by atoms with Crippen molar-refractivity contribution >= 4 is 33.1 Å². The van der Waals surface area contributed by atoms with E-state index in [1.54, 1.807) is 18.4 Å². The molecule has 0 saturated heterocycles. The molecular weight excluding hydrogens is 362 g/mol. The highest BCUT2D eigenvalue weighted by Crippen LogP contribution is 2.16. The Morgan fingerprint density at radius 2 is 1.81 bits per heavy atom. The lowest BCUT2D eigenvalue weighted by Crippen LogP contribution is -2.40. The lowest BCUT2D eigenvalue weighted by Gasteiger charge is -2.11. The molecule has 0 saturated carbocycles. The molecule has 0 atom stereocenters. The number of carbonyl (C=O) groups excluding carboxylic acids is 1. The van der Waals surface area contributed by atoms with E-state index in [1.807, 2.05) is 24.3 Å². The number of anilines is 1. The Kier molecular flexibility index (Phi) is 5.91. The number of rotatable bonds is 7. The van der Waals surface area contributed by atoms with Crippen LogP contribution in [0, 0.1) is 0 Å². The van der Waals surface area contributed by atoms with Gasteiger partial charge < -0.3 is 5.32 Å². The van der Waals surface area contributed by atoms with E-state index >= 15 is 0 Å². The molecule has 142 valence electrons. The normalized spacial score (nSPS) is 11.0. The van der Waals surface area contributed by atoms with E-state index in [-0.39, 0.29) is 24.6 Å². The van der Waals surface area contributed by atoms with Crippen LogP contribution in [-0.4, -0.2) is 15.0 Å². The first-order valence-corrected chi connectivity index (χ1v) is 10.0. The Labute approximate surface area is 161 Å². The molecule has 0 spiro atoms. The van der Waals surface area contributed by atoms with Crippen molar-refractivity contribution < 1.29 is 4.79 Å². The maximum Gasteiger partial charge on any atom is 0.331 e. The van der Waals surface area contributed by atoms with Crippen molar-refractivity contribution in [3.63, 3.8) is 0 Å². The van der Waals surface area contributed by atoms with Crippen molar-refractivity contribution in [2.24, 2.45) is 0 Å². The van der Waals surface area contributed by atoms with Crippen molar-refractivity contribution in [3.05, 3.63) is 62.1 Å². The summed E-state index contributed by atoms with van der Waals surface area (Å²) in [6.07, 6.45) is 3.30. The van der Waals surface area contributed by atoms with Crippen LogP contribution in [0.2, 0.25) is 0 Å². The van der Waals surface area contributed by atoms with Gasteiger partial charge in [0, 0.05) is 12.2 Å². The van der Waals surface area contributed by atoms with Crippen molar-refractivity contribution in [1.82, 2.24) is 9.13 Å². The summed E-state index contributed by atoms with van der Waals surface area (Å²) in [5.74, 6) is -0.299. The number of carbonyl (C=O) groups is 1. The first-order valence-electron chi connectivity index (χ1n) is 9.14. The fourth-order valence-electron chi connectivity index (χ4n) is 3.04. The maximum absolute atomic E-state index is 12.6. The van der Waals surface area contributed by atoms with Gasteiger partial charge in [-0.25, -0.2) is 4.79 Å². The van der Waals surface area contributed by atoms with Gasteiger partial charge in [-0.3, -0.25) is 18.7 Å². The average Bonchev–Trinajstić information content (AvgIpc) is 3.15. The summed E-state index contributed by atoms with van der Waals surface area (Å²) >= 11 is 1.28. The molecule has 0 radical (unpaired) electrons. The van der Waals surface area contributed by atoms with Gasteiger partial charge in [-0.15, -0.1) is 11.3 Å². The number of aryl methyl sites for hydroxylation is 1. The van der Waals surface area contributed by atoms with Gasteiger partial charge in [-0.2, -0.15) is 0 Å². The van der Waals surface area contributed by atoms with Gasteiger partial charge in [0.15, 0.2) is 0 Å². The Morgan fingerprint density at radius 3 is 2.48 bits per heavy atom. The minimum Gasteiger partial charge on any atom is -0.325 e. The molecular formula is C20H23N3O3S. The predicted octanol–water partition coefficient (Wildman–Crippen LogP) is 3.23. The zero-order valence-electron chi connectivity index (χ0n) is 15.5. The SMILES string of the molecule is CCCCc1ccc(NC(=O)Cn2c(=O)n(CC)c(=O)c3sccc32)cc1. The van der Waals surface area contributed by atoms with Crippen LogP contribution in [0.1, 0.15) is 32.3 Å². The highest BCUT2D eigenvalue weighted by Gasteiger charge is 2.15. The van der Waals surface area contributed by atoms with Crippen molar-refractivity contribution in [1.29, 1.82) is 0 Å². The predicted molar refractivity (Wildman–Crippen MR) is 110 cm³/mol. The second kappa shape index (κ2) is 8.35. The van der Waals surface area contributed by atoms with Gasteiger partial charge >= 0.3 is 5.69 Å². The van der Waals surface area contributed by atoms with Crippen LogP contribution in [0.5, 0.6) is 0 Å². The fraction of sp³-hybridized carbons (Fsp3) is 0.350. The van der Waals surface area contributed by atoms with Crippen molar-refractivity contribution in [2.45, 2.75) is 46.2 Å². The molecule has 3 rings (SSSR count). The Bertz CT molecular complexity index is 1060. The van der Waals surface area contributed by atoms with Crippen LogP contribution in [0.3, 0.4) is 0 Å². The van der Waals surface area contributed by atoms with Crippen LogP contribution >= 0.6 is 11.3 Å². The lowest BCUT2D eigenvalue weighted by atomic mass is 10.1. The summed E-state index contributed by atoms with van der Waals surface area (Å²) in [4.78, 5) is 37.4. The first kappa shape index (κ1) is 19.1. The molecule has 0 aliphatic carbocycles. The van der Waals surface area contributed by atoms with Crippen molar-refractivity contribution in [2.75, 3.05) is 5.32 Å². The molecule has 3 aromatic rings. The molecule has 1 aromatic carbocycles. The molecule has 7 heteroatoms. The second-order valence-electron chi connectivity index (χ2n) is 6.40. The maximum atomic E-state index is 12.6. The summed E-state index contributed by atoms with van der Waals surface area (Å²) < 4.78 is 3.01. The summed E-state index contributed by atoms with van der Waals surface area (Å²) in [5.41, 5.74) is 1.68. The zero-order valence-corrected chi connectivity index (χ0v) is 16.3. The van der Waals surface area contributed by atoms with E-state index in [0.29, 0.717) is 15.9 Å². The molecule has 1 amide bonds. The number of unbranched alkanes of at least 4 members (excludes halogenated alkanes) is 1. The number of aromatic nitrogens is 2. The second-order valence-corrected chi connectivity index (χ2v) is 7.32. The minimum absolute atomic E-state index is 0.135. The topological polar surface area (TPSA) is 73.1 Å². The number of hydrogen-bond acceptors (Lipinski definition) is 4. The summed E-state index contributed by atoms with van der Waals surface area (Å²) in [6.45, 7) is 4.03. The molecule has 6 nitrogen and oxygen atoms in total. The average molecular weight is 385 g/mol. The molecule has 0 fully saturated rings. The van der Waals surface area contributed by atoms with Gasteiger partial charge in [0.25, 0.3) is 5.56 Å². The Hall–Kier alpha value is -2.67. The Balaban J connectivity index is 1.81. The van der Waals surface area contributed by atoms with Crippen LogP contribution in [0.25, 0.3) is 10.2 Å².